The van der Waals surface area contributed by atoms with Gasteiger partial charge in [-0.05, 0) is 24.3 Å². The smallest absolute Gasteiger partial charge is 0.263 e. The molecule has 1 aliphatic heterocycles. The van der Waals surface area contributed by atoms with Crippen molar-refractivity contribution >= 4 is 29.3 Å². The molecule has 116 valence electrons. The molecule has 0 spiro atoms. The highest BCUT2D eigenvalue weighted by molar-refractivity contribution is 6.37. The summed E-state index contributed by atoms with van der Waals surface area (Å²) in [6.07, 6.45) is 0. The fraction of sp³-hybridized carbons (Fsp3) is 0.118. The van der Waals surface area contributed by atoms with Crippen molar-refractivity contribution in [2.45, 2.75) is 0 Å². The summed E-state index contributed by atoms with van der Waals surface area (Å²) in [7, 11) is 0. The first-order valence-corrected chi connectivity index (χ1v) is 7.45. The summed E-state index contributed by atoms with van der Waals surface area (Å²) in [5.41, 5.74) is 1.06. The third-order valence-corrected chi connectivity index (χ3v) is 3.92. The first kappa shape index (κ1) is 15.2. The molecule has 3 amide bonds. The van der Waals surface area contributed by atoms with Gasteiger partial charge in [0.15, 0.2) is 0 Å². The van der Waals surface area contributed by atoms with Gasteiger partial charge in [-0.25, -0.2) is 0 Å². The summed E-state index contributed by atoms with van der Waals surface area (Å²) in [5, 5.41) is 2.95. The van der Waals surface area contributed by atoms with Crippen molar-refractivity contribution in [2.24, 2.45) is 0 Å². The molecule has 0 atom stereocenters. The zero-order chi connectivity index (χ0) is 16.4. The zero-order valence-corrected chi connectivity index (χ0v) is 12.8. The average Bonchev–Trinajstić information content (AvgIpc) is 2.81. The normalized spacial score (nSPS) is 13.2. The fourth-order valence-electron chi connectivity index (χ4n) is 2.47. The van der Waals surface area contributed by atoms with E-state index in [0.29, 0.717) is 11.1 Å². The predicted molar refractivity (Wildman–Crippen MR) is 85.6 cm³/mol. The molecule has 0 fully saturated rings. The van der Waals surface area contributed by atoms with Crippen LogP contribution in [0.4, 0.5) is 0 Å². The highest BCUT2D eigenvalue weighted by Gasteiger charge is 2.36. The van der Waals surface area contributed by atoms with Crippen LogP contribution < -0.4 is 5.32 Å². The van der Waals surface area contributed by atoms with Gasteiger partial charge in [0.25, 0.3) is 17.7 Å². The maximum atomic E-state index is 12.3. The summed E-state index contributed by atoms with van der Waals surface area (Å²) >= 11 is 5.99. The van der Waals surface area contributed by atoms with E-state index in [4.69, 9.17) is 11.6 Å². The molecule has 3 rings (SSSR count). The molecule has 0 bridgehead atoms. The third-order valence-electron chi connectivity index (χ3n) is 3.61. The molecule has 5 nitrogen and oxygen atoms in total. The van der Waals surface area contributed by atoms with Gasteiger partial charge >= 0.3 is 0 Å². The summed E-state index contributed by atoms with van der Waals surface area (Å²) in [6.45, 7) is 0.276. The van der Waals surface area contributed by atoms with E-state index >= 15 is 0 Å². The lowest BCUT2D eigenvalue weighted by atomic mass is 10.1. The van der Waals surface area contributed by atoms with Gasteiger partial charge in [-0.2, -0.15) is 0 Å². The number of hydrogen-bond acceptors (Lipinski definition) is 3. The van der Waals surface area contributed by atoms with Crippen molar-refractivity contribution in [1.29, 1.82) is 0 Å². The highest BCUT2D eigenvalue weighted by Crippen LogP contribution is 2.28. The molecule has 6 heteroatoms. The summed E-state index contributed by atoms with van der Waals surface area (Å²) in [5.74, 6) is -1.06. The fourth-order valence-corrected chi connectivity index (χ4v) is 2.72. The van der Waals surface area contributed by atoms with E-state index in [1.165, 1.54) is 0 Å². The molecule has 2 aromatic carbocycles. The quantitative estimate of drug-likeness (QED) is 0.876. The van der Waals surface area contributed by atoms with E-state index in [0.717, 1.165) is 4.90 Å². The van der Waals surface area contributed by atoms with E-state index in [2.05, 4.69) is 5.32 Å². The Labute approximate surface area is 137 Å². The minimum atomic E-state index is -0.426. The Bertz CT molecular complexity index is 790. The Kier molecular flexibility index (Phi) is 4.12. The second-order valence-corrected chi connectivity index (χ2v) is 5.45. The molecule has 1 heterocycles. The molecule has 1 aliphatic rings. The predicted octanol–water partition coefficient (Wildman–Crippen LogP) is 2.37. The SMILES string of the molecule is O=C(NCCN1C(=O)c2cccc(Cl)c2C1=O)c1ccccc1. The Morgan fingerprint density at radius 2 is 1.74 bits per heavy atom. The lowest BCUT2D eigenvalue weighted by Crippen LogP contribution is -2.38. The topological polar surface area (TPSA) is 66.5 Å². The van der Waals surface area contributed by atoms with Crippen molar-refractivity contribution in [2.75, 3.05) is 13.1 Å². The van der Waals surface area contributed by atoms with Gasteiger partial charge in [-0.15, -0.1) is 0 Å². The Hall–Kier alpha value is -2.66. The van der Waals surface area contributed by atoms with Crippen LogP contribution in [0.3, 0.4) is 0 Å². The number of nitrogens with one attached hydrogen (secondary N) is 1. The zero-order valence-electron chi connectivity index (χ0n) is 12.1. The van der Waals surface area contributed by atoms with Gasteiger partial charge in [0.05, 0.1) is 16.1 Å². The van der Waals surface area contributed by atoms with Gasteiger partial charge in [-0.3, -0.25) is 19.3 Å². The number of imide groups is 1. The molecule has 0 radical (unpaired) electrons. The number of carbonyl (C=O) groups is 3. The second-order valence-electron chi connectivity index (χ2n) is 5.05. The average molecular weight is 329 g/mol. The van der Waals surface area contributed by atoms with E-state index in [1.807, 2.05) is 6.07 Å². The van der Waals surface area contributed by atoms with Gasteiger partial charge in [-0.1, -0.05) is 35.9 Å². The summed E-state index contributed by atoms with van der Waals surface area (Å²) in [4.78, 5) is 37.6. The number of amides is 3. The van der Waals surface area contributed by atoms with Gasteiger partial charge in [0.2, 0.25) is 0 Å². The van der Waals surface area contributed by atoms with E-state index in [1.54, 1.807) is 42.5 Å². The number of benzene rings is 2. The molecule has 0 saturated carbocycles. The Morgan fingerprint density at radius 1 is 1.00 bits per heavy atom. The van der Waals surface area contributed by atoms with Crippen LogP contribution in [0.15, 0.2) is 48.5 Å². The minimum absolute atomic E-state index is 0.0985. The number of nitrogens with zero attached hydrogens (tertiary/aromatic N) is 1. The molecular formula is C17H13ClN2O3. The van der Waals surface area contributed by atoms with E-state index in [9.17, 15) is 14.4 Å². The molecular weight excluding hydrogens is 316 g/mol. The number of halogens is 1. The van der Waals surface area contributed by atoms with Crippen LogP contribution in [0.25, 0.3) is 0 Å². The maximum absolute atomic E-state index is 12.3. The van der Waals surface area contributed by atoms with Crippen LogP contribution in [0.1, 0.15) is 31.1 Å². The highest BCUT2D eigenvalue weighted by atomic mass is 35.5. The molecule has 0 unspecified atom stereocenters. The van der Waals surface area contributed by atoms with Crippen LogP contribution in [0.2, 0.25) is 5.02 Å². The van der Waals surface area contributed by atoms with E-state index < -0.39 is 5.91 Å². The van der Waals surface area contributed by atoms with Gasteiger partial charge < -0.3 is 5.32 Å². The van der Waals surface area contributed by atoms with Crippen LogP contribution in [-0.2, 0) is 0 Å². The number of hydrogen-bond donors (Lipinski definition) is 1. The van der Waals surface area contributed by atoms with Gasteiger partial charge in [0, 0.05) is 18.7 Å². The second kappa shape index (κ2) is 6.22. The van der Waals surface area contributed by atoms with E-state index in [-0.39, 0.29) is 35.5 Å². The summed E-state index contributed by atoms with van der Waals surface area (Å²) < 4.78 is 0. The first-order chi connectivity index (χ1) is 11.1. The molecule has 2 aromatic rings. The van der Waals surface area contributed by atoms with Crippen molar-refractivity contribution in [3.63, 3.8) is 0 Å². The van der Waals surface area contributed by atoms with Crippen LogP contribution in [-0.4, -0.2) is 35.7 Å². The first-order valence-electron chi connectivity index (χ1n) is 7.07. The van der Waals surface area contributed by atoms with Crippen LogP contribution in [0.5, 0.6) is 0 Å². The molecule has 0 saturated heterocycles. The maximum Gasteiger partial charge on any atom is 0.263 e. The molecule has 1 N–H and O–H groups in total. The van der Waals surface area contributed by atoms with Crippen molar-refractivity contribution < 1.29 is 14.4 Å². The standard InChI is InChI=1S/C17H13ClN2O3/c18-13-8-4-7-12-14(13)17(23)20(16(12)22)10-9-19-15(21)11-5-2-1-3-6-11/h1-8H,9-10H2,(H,19,21). The van der Waals surface area contributed by atoms with Gasteiger partial charge in [0.1, 0.15) is 0 Å². The van der Waals surface area contributed by atoms with Crippen molar-refractivity contribution in [3.8, 4) is 0 Å². The Morgan fingerprint density at radius 3 is 2.43 bits per heavy atom. The number of rotatable bonds is 4. The monoisotopic (exact) mass is 328 g/mol. The lowest BCUT2D eigenvalue weighted by molar-refractivity contribution is 0.0650. The number of carbonyl (C=O) groups excluding carboxylic acids is 3. The molecule has 23 heavy (non-hydrogen) atoms. The third kappa shape index (κ3) is 2.83. The Balaban J connectivity index is 1.64. The van der Waals surface area contributed by atoms with Crippen LogP contribution >= 0.6 is 11.6 Å². The summed E-state index contributed by atoms with van der Waals surface area (Å²) in [6, 6.07) is 13.5. The minimum Gasteiger partial charge on any atom is -0.350 e. The van der Waals surface area contributed by atoms with Crippen molar-refractivity contribution in [3.05, 3.63) is 70.2 Å². The molecule has 0 aromatic heterocycles. The van der Waals surface area contributed by atoms with Crippen LogP contribution in [0, 0.1) is 0 Å². The largest absolute Gasteiger partial charge is 0.350 e. The lowest BCUT2D eigenvalue weighted by Gasteiger charge is -2.14. The number of fused-ring (bicyclic) bond motifs is 1. The molecule has 0 aliphatic carbocycles. The van der Waals surface area contributed by atoms with Crippen molar-refractivity contribution in [1.82, 2.24) is 10.2 Å².